The molecule has 0 fully saturated rings. The molecule has 0 saturated heterocycles. The average Bonchev–Trinajstić information content (AvgIpc) is 3.19. The molecule has 0 aliphatic carbocycles. The van der Waals surface area contributed by atoms with E-state index in [1.54, 1.807) is 35.4 Å². The third-order valence-electron chi connectivity index (χ3n) is 4.49. The molecule has 7 nitrogen and oxygen atoms in total. The normalized spacial score (nSPS) is 10.1. The Morgan fingerprint density at radius 3 is 2.45 bits per heavy atom. The Bertz CT molecular complexity index is 1270. The molecule has 1 amide bonds. The number of hydrogen-bond donors (Lipinski definition) is 2. The number of anilines is 3. The minimum Gasteiger partial charge on any atom is -0.322 e. The molecule has 2 N–H and O–H groups in total. The molecule has 0 spiro atoms. The second kappa shape index (κ2) is 8.93. The summed E-state index contributed by atoms with van der Waals surface area (Å²) in [6.45, 7) is 1.96. The third kappa shape index (κ3) is 5.14. The van der Waals surface area contributed by atoms with Gasteiger partial charge in [-0.2, -0.15) is 5.10 Å². The molecule has 0 aliphatic rings. The number of aryl methyl sites for hydroxylation is 2. The average molecular weight is 408 g/mol. The van der Waals surface area contributed by atoms with Crippen LogP contribution in [0.25, 0.3) is 0 Å². The SMILES string of the molecule is Cc1ccc(C(=O)Nc2ccccc2)cc1C#Cc1cnc(Nc2cnn(C)c2)nc1. The van der Waals surface area contributed by atoms with Crippen LogP contribution in [0, 0.1) is 18.8 Å². The lowest BCUT2D eigenvalue weighted by atomic mass is 10.0. The molecule has 2 aromatic carbocycles. The fourth-order valence-corrected chi connectivity index (χ4v) is 2.83. The van der Waals surface area contributed by atoms with Gasteiger partial charge in [0.2, 0.25) is 5.95 Å². The molecule has 2 aromatic heterocycles. The zero-order valence-electron chi connectivity index (χ0n) is 17.1. The van der Waals surface area contributed by atoms with Crippen molar-refractivity contribution in [3.63, 3.8) is 0 Å². The van der Waals surface area contributed by atoms with Crippen molar-refractivity contribution in [1.29, 1.82) is 0 Å². The second-order valence-corrected chi connectivity index (χ2v) is 6.92. The van der Waals surface area contributed by atoms with Crippen molar-refractivity contribution in [3.05, 3.63) is 95.6 Å². The number of amides is 1. The van der Waals surface area contributed by atoms with Gasteiger partial charge in [-0.3, -0.25) is 9.48 Å². The van der Waals surface area contributed by atoms with Crippen LogP contribution in [0.5, 0.6) is 0 Å². The fraction of sp³-hybridized carbons (Fsp3) is 0.0833. The van der Waals surface area contributed by atoms with Crippen LogP contribution in [0.4, 0.5) is 17.3 Å². The molecule has 31 heavy (non-hydrogen) atoms. The van der Waals surface area contributed by atoms with E-state index in [2.05, 4.69) is 37.5 Å². The van der Waals surface area contributed by atoms with Crippen LogP contribution in [-0.2, 0) is 7.05 Å². The van der Waals surface area contributed by atoms with Gasteiger partial charge in [0.05, 0.1) is 17.4 Å². The molecule has 0 radical (unpaired) electrons. The van der Waals surface area contributed by atoms with Gasteiger partial charge in [0.1, 0.15) is 0 Å². The van der Waals surface area contributed by atoms with E-state index in [1.807, 2.05) is 56.6 Å². The molecule has 2 heterocycles. The number of rotatable bonds is 4. The number of carbonyl (C=O) groups is 1. The number of nitrogens with one attached hydrogen (secondary N) is 2. The van der Waals surface area contributed by atoms with Crippen LogP contribution in [0.2, 0.25) is 0 Å². The van der Waals surface area contributed by atoms with Crippen molar-refractivity contribution in [3.8, 4) is 11.8 Å². The van der Waals surface area contributed by atoms with Gasteiger partial charge in [-0.15, -0.1) is 0 Å². The van der Waals surface area contributed by atoms with Crippen LogP contribution < -0.4 is 10.6 Å². The van der Waals surface area contributed by atoms with Gasteiger partial charge in [0.15, 0.2) is 0 Å². The van der Waals surface area contributed by atoms with Crippen LogP contribution in [0.15, 0.2) is 73.3 Å². The lowest BCUT2D eigenvalue weighted by Gasteiger charge is -2.06. The fourth-order valence-electron chi connectivity index (χ4n) is 2.83. The highest BCUT2D eigenvalue weighted by molar-refractivity contribution is 6.04. The number of aromatic nitrogens is 4. The number of hydrogen-bond acceptors (Lipinski definition) is 5. The maximum atomic E-state index is 12.5. The molecular formula is C24H20N6O. The summed E-state index contributed by atoms with van der Waals surface area (Å²) in [4.78, 5) is 21.1. The van der Waals surface area contributed by atoms with Crippen molar-refractivity contribution >= 4 is 23.2 Å². The molecule has 0 bridgehead atoms. The summed E-state index contributed by atoms with van der Waals surface area (Å²) in [7, 11) is 1.84. The molecule has 0 aliphatic heterocycles. The zero-order chi connectivity index (χ0) is 21.6. The third-order valence-corrected chi connectivity index (χ3v) is 4.49. The predicted octanol–water partition coefficient (Wildman–Crippen LogP) is 3.91. The van der Waals surface area contributed by atoms with Gasteiger partial charge in [-0.05, 0) is 36.8 Å². The molecular weight excluding hydrogens is 388 g/mol. The summed E-state index contributed by atoms with van der Waals surface area (Å²) in [5.74, 6) is 6.47. The molecule has 152 valence electrons. The highest BCUT2D eigenvalue weighted by atomic mass is 16.1. The zero-order valence-corrected chi connectivity index (χ0v) is 17.1. The minimum absolute atomic E-state index is 0.177. The van der Waals surface area contributed by atoms with E-state index < -0.39 is 0 Å². The summed E-state index contributed by atoms with van der Waals surface area (Å²) in [5, 5.41) is 10.1. The van der Waals surface area contributed by atoms with E-state index in [1.165, 1.54) is 0 Å². The number of para-hydroxylation sites is 1. The van der Waals surface area contributed by atoms with Crippen molar-refractivity contribution in [2.45, 2.75) is 6.92 Å². The first-order valence-electron chi connectivity index (χ1n) is 9.63. The monoisotopic (exact) mass is 408 g/mol. The summed E-state index contributed by atoms with van der Waals surface area (Å²) < 4.78 is 1.69. The van der Waals surface area contributed by atoms with E-state index in [-0.39, 0.29) is 5.91 Å². The van der Waals surface area contributed by atoms with Gasteiger partial charge in [0.25, 0.3) is 5.91 Å². The van der Waals surface area contributed by atoms with E-state index >= 15 is 0 Å². The summed E-state index contributed by atoms with van der Waals surface area (Å²) in [6.07, 6.45) is 6.83. The first-order valence-corrected chi connectivity index (χ1v) is 9.63. The summed E-state index contributed by atoms with van der Waals surface area (Å²) >= 11 is 0. The Morgan fingerprint density at radius 1 is 0.968 bits per heavy atom. The highest BCUT2D eigenvalue weighted by Crippen LogP contribution is 2.14. The van der Waals surface area contributed by atoms with Crippen LogP contribution in [0.3, 0.4) is 0 Å². The van der Waals surface area contributed by atoms with Crippen LogP contribution in [0.1, 0.15) is 27.0 Å². The lowest BCUT2D eigenvalue weighted by Crippen LogP contribution is -2.12. The Kier molecular flexibility index (Phi) is 5.72. The predicted molar refractivity (Wildman–Crippen MR) is 120 cm³/mol. The van der Waals surface area contributed by atoms with Crippen molar-refractivity contribution in [2.75, 3.05) is 10.6 Å². The van der Waals surface area contributed by atoms with Gasteiger partial charge < -0.3 is 10.6 Å². The molecule has 0 unspecified atom stereocenters. The molecule has 4 rings (SSSR count). The maximum Gasteiger partial charge on any atom is 0.255 e. The van der Waals surface area contributed by atoms with Gasteiger partial charge in [-0.25, -0.2) is 9.97 Å². The molecule has 7 heteroatoms. The number of nitrogens with zero attached hydrogens (tertiary/aromatic N) is 4. The van der Waals surface area contributed by atoms with Crippen molar-refractivity contribution in [1.82, 2.24) is 19.7 Å². The summed E-state index contributed by atoms with van der Waals surface area (Å²) in [5.41, 5.74) is 4.54. The summed E-state index contributed by atoms with van der Waals surface area (Å²) in [6, 6.07) is 14.8. The first-order chi connectivity index (χ1) is 15.1. The minimum atomic E-state index is -0.177. The number of benzene rings is 2. The smallest absolute Gasteiger partial charge is 0.255 e. The van der Waals surface area contributed by atoms with E-state index in [9.17, 15) is 4.79 Å². The quantitative estimate of drug-likeness (QED) is 0.500. The van der Waals surface area contributed by atoms with Crippen LogP contribution in [-0.4, -0.2) is 25.7 Å². The van der Waals surface area contributed by atoms with E-state index in [0.29, 0.717) is 17.1 Å². The maximum absolute atomic E-state index is 12.5. The molecule has 0 saturated carbocycles. The molecule has 0 atom stereocenters. The van der Waals surface area contributed by atoms with E-state index in [4.69, 9.17) is 0 Å². The number of carbonyl (C=O) groups excluding carboxylic acids is 1. The van der Waals surface area contributed by atoms with Crippen molar-refractivity contribution < 1.29 is 4.79 Å². The Labute approximate surface area is 180 Å². The van der Waals surface area contributed by atoms with Gasteiger partial charge in [-0.1, -0.05) is 36.1 Å². The standard InChI is InChI=1S/C24H20N6O/c1-17-8-10-20(23(31)28-21-6-4-3-5-7-21)12-19(17)11-9-18-13-25-24(26-14-18)29-22-15-27-30(2)16-22/h3-8,10,12-16H,1-2H3,(H,28,31)(H,25,26,29). The van der Waals surface area contributed by atoms with Crippen LogP contribution >= 0.6 is 0 Å². The Balaban J connectivity index is 1.48. The topological polar surface area (TPSA) is 84.7 Å². The Morgan fingerprint density at radius 2 is 1.74 bits per heavy atom. The van der Waals surface area contributed by atoms with Crippen molar-refractivity contribution in [2.24, 2.45) is 7.05 Å². The molecule has 4 aromatic rings. The lowest BCUT2D eigenvalue weighted by molar-refractivity contribution is 0.102. The van der Waals surface area contributed by atoms with E-state index in [0.717, 1.165) is 22.5 Å². The largest absolute Gasteiger partial charge is 0.322 e. The Hall–Kier alpha value is -4.44. The van der Waals surface area contributed by atoms with Gasteiger partial charge >= 0.3 is 0 Å². The van der Waals surface area contributed by atoms with Gasteiger partial charge in [0, 0.05) is 42.5 Å². The highest BCUT2D eigenvalue weighted by Gasteiger charge is 2.08. The second-order valence-electron chi connectivity index (χ2n) is 6.92. The first kappa shape index (κ1) is 19.9.